The van der Waals surface area contributed by atoms with Crippen molar-refractivity contribution in [2.24, 2.45) is 0 Å². The van der Waals surface area contributed by atoms with Gasteiger partial charge in [-0.25, -0.2) is 4.98 Å². The van der Waals surface area contributed by atoms with Crippen LogP contribution in [-0.2, 0) is 4.79 Å². The van der Waals surface area contributed by atoms with Gasteiger partial charge in [-0.2, -0.15) is 5.10 Å². The Balaban J connectivity index is 1.70. The van der Waals surface area contributed by atoms with Gasteiger partial charge in [-0.05, 0) is 24.3 Å². The number of aromatic hydroxyl groups is 1. The molecule has 0 saturated carbocycles. The second kappa shape index (κ2) is 5.45. The highest BCUT2D eigenvalue weighted by Gasteiger charge is 2.33. The van der Waals surface area contributed by atoms with E-state index < -0.39 is 0 Å². The van der Waals surface area contributed by atoms with E-state index in [0.29, 0.717) is 28.5 Å². The summed E-state index contributed by atoms with van der Waals surface area (Å²) < 4.78 is 5.50. The number of carbonyl (C=O) groups excluding carboxylic acids is 1. The predicted octanol–water partition coefficient (Wildman–Crippen LogP) is 3.40. The number of rotatable bonds is 2. The van der Waals surface area contributed by atoms with Crippen molar-refractivity contribution < 1.29 is 14.3 Å². The lowest BCUT2D eigenvalue weighted by Gasteiger charge is -2.22. The maximum atomic E-state index is 12.2. The number of hydrogen-bond donors (Lipinski definition) is 3. The zero-order valence-corrected chi connectivity index (χ0v) is 13.6. The molecule has 0 fully saturated rings. The Morgan fingerprint density at radius 3 is 2.92 bits per heavy atom. The second-order valence-electron chi connectivity index (χ2n) is 6.23. The van der Waals surface area contributed by atoms with Gasteiger partial charge < -0.3 is 14.8 Å². The SMILES string of the molecule is O=C1CC(c2ccc3cccc(O)c3n2)c2c(n[nH]c2-c2ccco2)N1. The first kappa shape index (κ1) is 14.7. The Labute approximate surface area is 147 Å². The van der Waals surface area contributed by atoms with Crippen molar-refractivity contribution >= 4 is 22.6 Å². The molecule has 7 heteroatoms. The van der Waals surface area contributed by atoms with Gasteiger partial charge in [0.15, 0.2) is 11.6 Å². The standard InChI is InChI=1S/C19H14N4O3/c24-13-4-1-3-10-6-7-12(20-17(10)13)11-9-15(25)21-19-16(11)18(22-23-19)14-5-2-8-26-14/h1-8,11,24H,9H2,(H2,21,22,23,25). The number of nitrogens with one attached hydrogen (secondary N) is 2. The summed E-state index contributed by atoms with van der Waals surface area (Å²) >= 11 is 0. The number of pyridine rings is 1. The van der Waals surface area contributed by atoms with E-state index >= 15 is 0 Å². The first-order valence-electron chi connectivity index (χ1n) is 8.21. The van der Waals surface area contributed by atoms with Crippen LogP contribution in [0.25, 0.3) is 22.4 Å². The van der Waals surface area contributed by atoms with Gasteiger partial charge in [-0.15, -0.1) is 0 Å². The van der Waals surface area contributed by atoms with E-state index in [1.54, 1.807) is 24.5 Å². The van der Waals surface area contributed by atoms with Crippen LogP contribution in [0.2, 0.25) is 0 Å². The van der Waals surface area contributed by atoms with Crippen LogP contribution < -0.4 is 5.32 Å². The third-order valence-corrected chi connectivity index (χ3v) is 4.64. The first-order chi connectivity index (χ1) is 12.7. The van der Waals surface area contributed by atoms with Crippen molar-refractivity contribution in [2.75, 3.05) is 5.32 Å². The van der Waals surface area contributed by atoms with Gasteiger partial charge in [0.25, 0.3) is 0 Å². The smallest absolute Gasteiger partial charge is 0.226 e. The first-order valence-corrected chi connectivity index (χ1v) is 8.21. The number of aromatic amines is 1. The number of furan rings is 1. The molecular weight excluding hydrogens is 332 g/mol. The molecule has 1 unspecified atom stereocenters. The normalized spacial score (nSPS) is 16.5. The lowest BCUT2D eigenvalue weighted by atomic mass is 9.88. The number of hydrogen-bond acceptors (Lipinski definition) is 5. The van der Waals surface area contributed by atoms with Gasteiger partial charge in [-0.3, -0.25) is 9.89 Å². The van der Waals surface area contributed by atoms with E-state index in [4.69, 9.17) is 4.42 Å². The Morgan fingerprint density at radius 2 is 2.08 bits per heavy atom. The average molecular weight is 346 g/mol. The topological polar surface area (TPSA) is 104 Å². The molecule has 3 aromatic heterocycles. The van der Waals surface area contributed by atoms with E-state index in [1.807, 2.05) is 24.3 Å². The van der Waals surface area contributed by atoms with E-state index in [9.17, 15) is 9.90 Å². The summed E-state index contributed by atoms with van der Waals surface area (Å²) in [5.74, 6) is 0.824. The van der Waals surface area contributed by atoms with Crippen LogP contribution in [0.15, 0.2) is 53.1 Å². The number of aromatic nitrogens is 3. The van der Waals surface area contributed by atoms with Crippen molar-refractivity contribution in [2.45, 2.75) is 12.3 Å². The summed E-state index contributed by atoms with van der Waals surface area (Å²) in [6.07, 6.45) is 1.83. The Hall–Kier alpha value is -3.61. The molecule has 0 aliphatic carbocycles. The maximum Gasteiger partial charge on any atom is 0.226 e. The molecular formula is C19H14N4O3. The van der Waals surface area contributed by atoms with Crippen molar-refractivity contribution in [1.29, 1.82) is 0 Å². The van der Waals surface area contributed by atoms with Crippen molar-refractivity contribution in [3.63, 3.8) is 0 Å². The summed E-state index contributed by atoms with van der Waals surface area (Å²) in [5.41, 5.74) is 2.76. The fourth-order valence-corrected chi connectivity index (χ4v) is 3.46. The zero-order chi connectivity index (χ0) is 17.7. The number of fused-ring (bicyclic) bond motifs is 2. The Bertz CT molecular complexity index is 1130. The summed E-state index contributed by atoms with van der Waals surface area (Å²) in [5, 5.41) is 20.9. The molecule has 4 heterocycles. The molecule has 0 saturated heterocycles. The highest BCUT2D eigenvalue weighted by atomic mass is 16.3. The number of anilines is 1. The maximum absolute atomic E-state index is 12.2. The summed E-state index contributed by atoms with van der Waals surface area (Å²) in [6, 6.07) is 12.7. The number of carbonyl (C=O) groups is 1. The lowest BCUT2D eigenvalue weighted by molar-refractivity contribution is -0.116. The molecule has 4 aromatic rings. The van der Waals surface area contributed by atoms with Gasteiger partial charge in [-0.1, -0.05) is 18.2 Å². The monoisotopic (exact) mass is 346 g/mol. The number of phenolic OH excluding ortho intramolecular Hbond substituents is 1. The summed E-state index contributed by atoms with van der Waals surface area (Å²) in [7, 11) is 0. The van der Waals surface area contributed by atoms with Gasteiger partial charge in [0.05, 0.1) is 6.26 Å². The minimum Gasteiger partial charge on any atom is -0.506 e. The van der Waals surface area contributed by atoms with E-state index in [0.717, 1.165) is 10.9 Å². The summed E-state index contributed by atoms with van der Waals surface area (Å²) in [6.45, 7) is 0. The molecule has 0 spiro atoms. The molecule has 1 aromatic carbocycles. The summed E-state index contributed by atoms with van der Waals surface area (Å²) in [4.78, 5) is 16.8. The van der Waals surface area contributed by atoms with Gasteiger partial charge in [0.2, 0.25) is 5.91 Å². The number of phenols is 1. The molecule has 128 valence electrons. The zero-order valence-electron chi connectivity index (χ0n) is 13.6. The van der Waals surface area contributed by atoms with E-state index in [-0.39, 0.29) is 24.0 Å². The molecule has 0 radical (unpaired) electrons. The molecule has 1 aliphatic rings. The van der Waals surface area contributed by atoms with Crippen molar-refractivity contribution in [3.8, 4) is 17.2 Å². The van der Waals surface area contributed by atoms with Crippen LogP contribution in [0.1, 0.15) is 23.6 Å². The van der Waals surface area contributed by atoms with Crippen LogP contribution in [-0.4, -0.2) is 26.2 Å². The highest BCUT2D eigenvalue weighted by molar-refractivity contribution is 5.96. The third kappa shape index (κ3) is 2.17. The Morgan fingerprint density at radius 1 is 1.15 bits per heavy atom. The van der Waals surface area contributed by atoms with Crippen LogP contribution >= 0.6 is 0 Å². The van der Waals surface area contributed by atoms with Gasteiger partial charge in [0.1, 0.15) is 17.0 Å². The molecule has 0 bridgehead atoms. The molecule has 7 nitrogen and oxygen atoms in total. The second-order valence-corrected chi connectivity index (χ2v) is 6.23. The third-order valence-electron chi connectivity index (χ3n) is 4.64. The van der Waals surface area contributed by atoms with Crippen LogP contribution in [0.4, 0.5) is 5.82 Å². The van der Waals surface area contributed by atoms with E-state index in [2.05, 4.69) is 20.5 Å². The van der Waals surface area contributed by atoms with Gasteiger partial charge >= 0.3 is 0 Å². The molecule has 1 aliphatic heterocycles. The number of benzene rings is 1. The minimum absolute atomic E-state index is 0.114. The predicted molar refractivity (Wildman–Crippen MR) is 94.8 cm³/mol. The fourth-order valence-electron chi connectivity index (χ4n) is 3.46. The minimum atomic E-state index is -0.290. The van der Waals surface area contributed by atoms with Crippen LogP contribution in [0.3, 0.4) is 0 Å². The van der Waals surface area contributed by atoms with Crippen molar-refractivity contribution in [1.82, 2.24) is 15.2 Å². The molecule has 1 amide bonds. The molecule has 1 atom stereocenters. The van der Waals surface area contributed by atoms with Crippen LogP contribution in [0.5, 0.6) is 5.75 Å². The molecule has 3 N–H and O–H groups in total. The average Bonchev–Trinajstić information content (AvgIpc) is 3.30. The number of para-hydroxylation sites is 1. The molecule has 5 rings (SSSR count). The quantitative estimate of drug-likeness (QED) is 0.516. The fraction of sp³-hybridized carbons (Fsp3) is 0.105. The van der Waals surface area contributed by atoms with Gasteiger partial charge in [0, 0.05) is 29.0 Å². The Kier molecular flexibility index (Phi) is 3.08. The largest absolute Gasteiger partial charge is 0.506 e. The highest BCUT2D eigenvalue weighted by Crippen LogP contribution is 2.41. The van der Waals surface area contributed by atoms with E-state index in [1.165, 1.54) is 0 Å². The number of amides is 1. The molecule has 26 heavy (non-hydrogen) atoms. The van der Waals surface area contributed by atoms with Crippen molar-refractivity contribution in [3.05, 3.63) is 60.0 Å². The van der Waals surface area contributed by atoms with Crippen LogP contribution in [0, 0.1) is 0 Å². The number of H-pyrrole nitrogens is 1. The number of nitrogens with zero attached hydrogens (tertiary/aromatic N) is 2. The lowest BCUT2D eigenvalue weighted by Crippen LogP contribution is -2.23.